The number of fused-ring (bicyclic) bond motifs is 10. The van der Waals surface area contributed by atoms with Crippen molar-refractivity contribution in [1.82, 2.24) is 19.9 Å². The van der Waals surface area contributed by atoms with E-state index in [1.54, 1.807) is 0 Å². The maximum Gasteiger partial charge on any atom is 0.303 e. The Morgan fingerprint density at radius 2 is 1.05 bits per heavy atom. The first kappa shape index (κ1) is 29.0. The zero-order chi connectivity index (χ0) is 30.3. The minimum absolute atomic E-state index is 0.00196. The number of aryl methyl sites for hydroxylation is 4. The quantitative estimate of drug-likeness (QED) is 0.221. The molecule has 2 aliphatic heterocycles. The van der Waals surface area contributed by atoms with Crippen LogP contribution in [0.5, 0.6) is 0 Å². The minimum Gasteiger partial charge on any atom is -0.481 e. The number of carbonyl (C=O) groups is 2. The number of hydrogen-bond donors (Lipinski definition) is 4. The van der Waals surface area contributed by atoms with Crippen molar-refractivity contribution < 1.29 is 19.8 Å². The van der Waals surface area contributed by atoms with Crippen LogP contribution in [0.25, 0.3) is 44.4 Å². The maximum absolute atomic E-state index is 11.5. The summed E-state index contributed by atoms with van der Waals surface area (Å²) in [4.78, 5) is 40.4. The molecule has 3 aromatic rings. The van der Waals surface area contributed by atoms with Gasteiger partial charge in [-0.25, -0.2) is 9.97 Å². The Morgan fingerprint density at radius 1 is 0.667 bits per heavy atom. The van der Waals surface area contributed by atoms with Crippen molar-refractivity contribution >= 4 is 56.3 Å². The summed E-state index contributed by atoms with van der Waals surface area (Å²) in [7, 11) is 0. The highest BCUT2D eigenvalue weighted by molar-refractivity contribution is 6.00. The van der Waals surface area contributed by atoms with Gasteiger partial charge in [-0.3, -0.25) is 9.59 Å². The number of carboxylic acids is 2. The molecule has 0 aliphatic carbocycles. The van der Waals surface area contributed by atoms with Gasteiger partial charge in [-0.05, 0) is 122 Å². The van der Waals surface area contributed by atoms with Gasteiger partial charge < -0.3 is 20.2 Å². The van der Waals surface area contributed by atoms with Crippen LogP contribution in [0.15, 0.2) is 24.3 Å². The summed E-state index contributed by atoms with van der Waals surface area (Å²) in [6.45, 7) is 12.5. The van der Waals surface area contributed by atoms with E-state index >= 15 is 0 Å². The highest BCUT2D eigenvalue weighted by Crippen LogP contribution is 2.40. The van der Waals surface area contributed by atoms with E-state index < -0.39 is 11.9 Å². The monoisotopic (exact) mass is 566 g/mol. The van der Waals surface area contributed by atoms with E-state index in [0.29, 0.717) is 24.2 Å². The molecule has 5 rings (SSSR count). The van der Waals surface area contributed by atoms with Gasteiger partial charge in [-0.15, -0.1) is 0 Å². The second kappa shape index (κ2) is 11.4. The predicted molar refractivity (Wildman–Crippen MR) is 168 cm³/mol. The molecule has 8 nitrogen and oxygen atoms in total. The molecular formula is C34H38N4O4. The number of nitrogens with zero attached hydrogens (tertiary/aromatic N) is 2. The Hall–Kier alpha value is -4.46. The van der Waals surface area contributed by atoms with E-state index in [4.69, 9.17) is 9.97 Å². The molecule has 42 heavy (non-hydrogen) atoms. The summed E-state index contributed by atoms with van der Waals surface area (Å²) >= 11 is 0. The molecule has 0 radical (unpaired) electrons. The van der Waals surface area contributed by atoms with E-state index in [9.17, 15) is 19.8 Å². The van der Waals surface area contributed by atoms with E-state index in [2.05, 4.69) is 37.7 Å². The number of allylic oxidation sites excluding steroid dienone is 4. The molecule has 218 valence electrons. The van der Waals surface area contributed by atoms with E-state index in [1.807, 2.05) is 38.1 Å². The first-order chi connectivity index (χ1) is 20.0. The molecule has 3 aromatic heterocycles. The second-order valence-corrected chi connectivity index (χ2v) is 11.1. The molecule has 8 bridgehead atoms. The van der Waals surface area contributed by atoms with Crippen molar-refractivity contribution in [3.63, 3.8) is 0 Å². The fraction of sp³-hybridized carbons (Fsp3) is 0.353. The highest BCUT2D eigenvalue weighted by Gasteiger charge is 2.26. The van der Waals surface area contributed by atoms with E-state index in [1.165, 1.54) is 22.3 Å². The molecule has 0 amide bonds. The zero-order valence-corrected chi connectivity index (χ0v) is 25.2. The number of H-pyrrole nitrogens is 2. The van der Waals surface area contributed by atoms with Crippen LogP contribution in [0.1, 0.15) is 98.4 Å². The smallest absolute Gasteiger partial charge is 0.303 e. The summed E-state index contributed by atoms with van der Waals surface area (Å²) in [6, 6.07) is 8.04. The molecule has 0 aromatic carbocycles. The van der Waals surface area contributed by atoms with Crippen molar-refractivity contribution in [2.24, 2.45) is 0 Å². The lowest BCUT2D eigenvalue weighted by Crippen LogP contribution is -1.95. The van der Waals surface area contributed by atoms with Crippen LogP contribution in [0.2, 0.25) is 0 Å². The van der Waals surface area contributed by atoms with Crippen LogP contribution in [0, 0.1) is 13.8 Å². The lowest BCUT2D eigenvalue weighted by atomic mass is 9.97. The molecule has 0 atom stereocenters. The zero-order valence-electron chi connectivity index (χ0n) is 25.2. The maximum atomic E-state index is 11.5. The third-order valence-electron chi connectivity index (χ3n) is 8.70. The third-order valence-corrected chi connectivity index (χ3v) is 8.70. The fourth-order valence-corrected chi connectivity index (χ4v) is 6.38. The summed E-state index contributed by atoms with van der Waals surface area (Å²) in [5.41, 5.74) is 15.4. The van der Waals surface area contributed by atoms with Gasteiger partial charge >= 0.3 is 11.9 Å². The summed E-state index contributed by atoms with van der Waals surface area (Å²) in [5, 5.41) is 18.9. The first-order valence-electron chi connectivity index (χ1n) is 14.6. The molecular weight excluding hydrogens is 528 g/mol. The van der Waals surface area contributed by atoms with Gasteiger partial charge in [0.2, 0.25) is 0 Å². The Balaban J connectivity index is 1.92. The third kappa shape index (κ3) is 5.06. The molecule has 5 heterocycles. The number of nitrogens with one attached hydrogen (secondary N) is 2. The standard InChI is InChI=1S/C34H38N4O4/c1-7-21-17(3)31-32-18(4)22(8-2)26(36-32)12-14-28-24(10-16-30(41)42)20(6)34(38-28)33-19(5)23(9-15-29(39)40)27(37-33)13-11-25(21)35-31/h11-14,35-36H,7-10,15-16H2,1-6H3,(H,39,40)(H,41,42). The summed E-state index contributed by atoms with van der Waals surface area (Å²) in [6.07, 6.45) is 2.42. The van der Waals surface area contributed by atoms with Crippen molar-refractivity contribution in [3.8, 4) is 0 Å². The lowest BCUT2D eigenvalue weighted by Gasteiger charge is -2.04. The summed E-state index contributed by atoms with van der Waals surface area (Å²) in [5.74, 6) is -1.72. The highest BCUT2D eigenvalue weighted by atomic mass is 16.4. The molecule has 0 saturated carbocycles. The van der Waals surface area contributed by atoms with Gasteiger partial charge in [0.05, 0.1) is 33.8 Å². The van der Waals surface area contributed by atoms with Crippen molar-refractivity contribution in [1.29, 1.82) is 0 Å². The molecule has 0 fully saturated rings. The second-order valence-electron chi connectivity index (χ2n) is 11.1. The molecule has 0 saturated heterocycles. The Bertz CT molecular complexity index is 1720. The average Bonchev–Trinajstić information content (AvgIpc) is 3.63. The van der Waals surface area contributed by atoms with Crippen LogP contribution >= 0.6 is 0 Å². The van der Waals surface area contributed by atoms with Gasteiger partial charge in [0, 0.05) is 23.9 Å². The fourth-order valence-electron chi connectivity index (χ4n) is 6.38. The van der Waals surface area contributed by atoms with Crippen molar-refractivity contribution in [2.45, 2.75) is 80.1 Å². The van der Waals surface area contributed by atoms with Crippen molar-refractivity contribution in [2.75, 3.05) is 0 Å². The molecule has 4 N–H and O–H groups in total. The number of hydrogen-bond acceptors (Lipinski definition) is 4. The van der Waals surface area contributed by atoms with Gasteiger partial charge in [0.1, 0.15) is 0 Å². The number of carboxylic acid groups (broad SMARTS) is 2. The van der Waals surface area contributed by atoms with Crippen LogP contribution in [-0.2, 0) is 22.4 Å². The van der Waals surface area contributed by atoms with Gasteiger partial charge in [0.25, 0.3) is 0 Å². The first-order valence-corrected chi connectivity index (χ1v) is 14.6. The molecule has 0 unspecified atom stereocenters. The summed E-state index contributed by atoms with van der Waals surface area (Å²) < 4.78 is 0. The van der Waals surface area contributed by atoms with E-state index in [0.717, 1.165) is 68.6 Å². The van der Waals surface area contributed by atoms with Crippen LogP contribution in [0.4, 0.5) is 0 Å². The Kier molecular flexibility index (Phi) is 7.91. The van der Waals surface area contributed by atoms with Crippen LogP contribution in [-0.4, -0.2) is 42.1 Å². The molecule has 0 spiro atoms. The SMILES string of the molecule is CCc1c(C)c2[nH]c1ccc1nc(c3nc(ccc4[nH]c2c(C)c4CC)C(CCC(=O)O)=C3C)C(C)=C1CCC(=O)O. The number of rotatable bonds is 8. The number of aromatic nitrogens is 4. The Labute approximate surface area is 245 Å². The Morgan fingerprint density at radius 3 is 1.38 bits per heavy atom. The molecule has 8 heteroatoms. The minimum atomic E-state index is -0.860. The normalized spacial score (nSPS) is 13.3. The van der Waals surface area contributed by atoms with E-state index in [-0.39, 0.29) is 12.8 Å². The predicted octanol–water partition coefficient (Wildman–Crippen LogP) is 7.65. The van der Waals surface area contributed by atoms with Gasteiger partial charge in [0.15, 0.2) is 0 Å². The van der Waals surface area contributed by atoms with Crippen LogP contribution in [0.3, 0.4) is 0 Å². The van der Waals surface area contributed by atoms with Gasteiger partial charge in [-0.2, -0.15) is 0 Å². The van der Waals surface area contributed by atoms with Gasteiger partial charge in [-0.1, -0.05) is 13.8 Å². The topological polar surface area (TPSA) is 132 Å². The number of aromatic amines is 2. The van der Waals surface area contributed by atoms with Crippen molar-refractivity contribution in [3.05, 3.63) is 69.3 Å². The number of aliphatic carboxylic acids is 2. The van der Waals surface area contributed by atoms with Crippen LogP contribution < -0.4 is 0 Å². The molecule has 2 aliphatic rings. The average molecular weight is 567 g/mol. The lowest BCUT2D eigenvalue weighted by molar-refractivity contribution is -0.137. The largest absolute Gasteiger partial charge is 0.481 e.